The van der Waals surface area contributed by atoms with Crippen molar-refractivity contribution < 1.29 is 22.7 Å². The molecule has 1 atom stereocenters. The summed E-state index contributed by atoms with van der Waals surface area (Å²) in [7, 11) is -1.95. The number of carbonyl (C=O) groups is 1. The molecule has 1 aliphatic rings. The van der Waals surface area contributed by atoms with Gasteiger partial charge in [0.05, 0.1) is 18.5 Å². The molecule has 0 saturated heterocycles. The number of hydrogen-bond acceptors (Lipinski definition) is 5. The molecule has 1 heterocycles. The standard InChI is InChI=1S/C18H28N2O5S/c1-18(2,3)13-7-8-15-14(11-13)20(26(5,22)23)12-16(25-15)17(21)19-9-6-10-24-4/h7-8,11,16H,6,9-10,12H2,1-5H3,(H,19,21). The SMILES string of the molecule is COCCCNC(=O)C1CN(S(C)(=O)=O)c2cc(C(C)(C)C)ccc2O1. The molecule has 0 aromatic heterocycles. The van der Waals surface area contributed by atoms with Gasteiger partial charge in [-0.15, -0.1) is 0 Å². The van der Waals surface area contributed by atoms with Crippen LogP contribution in [0.2, 0.25) is 0 Å². The number of ether oxygens (including phenoxy) is 2. The Hall–Kier alpha value is -1.80. The predicted octanol–water partition coefficient (Wildman–Crippen LogP) is 1.66. The van der Waals surface area contributed by atoms with Crippen molar-refractivity contribution in [1.82, 2.24) is 5.32 Å². The molecule has 7 nitrogen and oxygen atoms in total. The zero-order valence-electron chi connectivity index (χ0n) is 16.0. The summed E-state index contributed by atoms with van der Waals surface area (Å²) in [5.41, 5.74) is 1.34. The van der Waals surface area contributed by atoms with Crippen LogP contribution in [0, 0.1) is 0 Å². The van der Waals surface area contributed by atoms with E-state index in [2.05, 4.69) is 26.1 Å². The molecule has 1 unspecified atom stereocenters. The largest absolute Gasteiger partial charge is 0.476 e. The van der Waals surface area contributed by atoms with Crippen molar-refractivity contribution in [2.75, 3.05) is 37.4 Å². The molecule has 0 saturated carbocycles. The van der Waals surface area contributed by atoms with Crippen molar-refractivity contribution in [3.63, 3.8) is 0 Å². The molecular formula is C18H28N2O5S. The van der Waals surface area contributed by atoms with Crippen LogP contribution in [0.25, 0.3) is 0 Å². The first-order valence-corrected chi connectivity index (χ1v) is 10.4. The molecule has 146 valence electrons. The van der Waals surface area contributed by atoms with Gasteiger partial charge in [-0.3, -0.25) is 9.10 Å². The van der Waals surface area contributed by atoms with E-state index in [1.165, 1.54) is 4.31 Å². The van der Waals surface area contributed by atoms with E-state index in [9.17, 15) is 13.2 Å². The Kier molecular flexibility index (Phi) is 6.18. The summed E-state index contributed by atoms with van der Waals surface area (Å²) in [6.45, 7) is 7.11. The number of hydrogen-bond donors (Lipinski definition) is 1. The van der Waals surface area contributed by atoms with Crippen molar-refractivity contribution in [3.8, 4) is 5.75 Å². The van der Waals surface area contributed by atoms with E-state index in [4.69, 9.17) is 9.47 Å². The average molecular weight is 384 g/mol. The van der Waals surface area contributed by atoms with E-state index in [1.807, 2.05) is 12.1 Å². The summed E-state index contributed by atoms with van der Waals surface area (Å²) in [6, 6.07) is 5.46. The van der Waals surface area contributed by atoms with Crippen LogP contribution in [0.3, 0.4) is 0 Å². The molecule has 0 spiro atoms. The lowest BCUT2D eigenvalue weighted by molar-refractivity contribution is -0.127. The minimum atomic E-state index is -3.54. The van der Waals surface area contributed by atoms with Crippen LogP contribution < -0.4 is 14.4 Å². The summed E-state index contributed by atoms with van der Waals surface area (Å²) in [5.74, 6) is 0.0621. The summed E-state index contributed by atoms with van der Waals surface area (Å²) < 4.78 is 36.6. The zero-order chi connectivity index (χ0) is 19.5. The van der Waals surface area contributed by atoms with Crippen LogP contribution in [0.4, 0.5) is 5.69 Å². The minimum Gasteiger partial charge on any atom is -0.476 e. The van der Waals surface area contributed by atoms with Crippen LogP contribution in [-0.4, -0.2) is 53.5 Å². The van der Waals surface area contributed by atoms with Crippen molar-refractivity contribution in [2.45, 2.75) is 38.7 Å². The summed E-state index contributed by atoms with van der Waals surface area (Å²) in [4.78, 5) is 12.4. The van der Waals surface area contributed by atoms with Gasteiger partial charge >= 0.3 is 0 Å². The summed E-state index contributed by atoms with van der Waals surface area (Å²) in [5, 5.41) is 2.76. The lowest BCUT2D eigenvalue weighted by atomic mass is 9.86. The third kappa shape index (κ3) is 4.88. The Labute approximate surface area is 155 Å². The molecule has 26 heavy (non-hydrogen) atoms. The maximum Gasteiger partial charge on any atom is 0.263 e. The molecule has 0 aliphatic carbocycles. The highest BCUT2D eigenvalue weighted by molar-refractivity contribution is 7.92. The van der Waals surface area contributed by atoms with Gasteiger partial charge in [-0.1, -0.05) is 26.8 Å². The Balaban J connectivity index is 2.27. The Morgan fingerprint density at radius 3 is 2.65 bits per heavy atom. The molecule has 0 fully saturated rings. The molecule has 1 amide bonds. The molecule has 1 N–H and O–H groups in total. The fourth-order valence-electron chi connectivity index (χ4n) is 2.71. The normalized spacial score (nSPS) is 17.4. The van der Waals surface area contributed by atoms with Crippen molar-refractivity contribution in [1.29, 1.82) is 0 Å². The predicted molar refractivity (Wildman–Crippen MR) is 101 cm³/mol. The number of nitrogens with zero attached hydrogens (tertiary/aromatic N) is 1. The van der Waals surface area contributed by atoms with Crippen LogP contribution in [-0.2, 0) is 25.0 Å². The van der Waals surface area contributed by atoms with Gasteiger partial charge in [0.25, 0.3) is 5.91 Å². The van der Waals surface area contributed by atoms with Gasteiger partial charge in [0.15, 0.2) is 6.10 Å². The monoisotopic (exact) mass is 384 g/mol. The van der Waals surface area contributed by atoms with E-state index >= 15 is 0 Å². The Morgan fingerprint density at radius 2 is 2.08 bits per heavy atom. The first-order valence-electron chi connectivity index (χ1n) is 8.59. The highest BCUT2D eigenvalue weighted by atomic mass is 32.2. The molecule has 0 bridgehead atoms. The van der Waals surface area contributed by atoms with Crippen molar-refractivity contribution in [3.05, 3.63) is 23.8 Å². The highest BCUT2D eigenvalue weighted by Gasteiger charge is 2.35. The molecular weight excluding hydrogens is 356 g/mol. The van der Waals surface area contributed by atoms with E-state index in [0.717, 1.165) is 11.8 Å². The van der Waals surface area contributed by atoms with Gasteiger partial charge < -0.3 is 14.8 Å². The van der Waals surface area contributed by atoms with E-state index < -0.39 is 16.1 Å². The van der Waals surface area contributed by atoms with Gasteiger partial charge in [0, 0.05) is 20.3 Å². The van der Waals surface area contributed by atoms with Crippen molar-refractivity contribution in [2.24, 2.45) is 0 Å². The van der Waals surface area contributed by atoms with Gasteiger partial charge in [0.1, 0.15) is 5.75 Å². The Morgan fingerprint density at radius 1 is 1.38 bits per heavy atom. The van der Waals surface area contributed by atoms with Crippen LogP contribution in [0.15, 0.2) is 18.2 Å². The Bertz CT molecular complexity index is 755. The number of sulfonamides is 1. The summed E-state index contributed by atoms with van der Waals surface area (Å²) in [6.07, 6.45) is 0.927. The van der Waals surface area contributed by atoms with Gasteiger partial charge in [-0.25, -0.2) is 8.42 Å². The average Bonchev–Trinajstić information content (AvgIpc) is 2.55. The number of methoxy groups -OCH3 is 1. The molecule has 1 aromatic carbocycles. The van der Waals surface area contributed by atoms with Crippen molar-refractivity contribution >= 4 is 21.6 Å². The lowest BCUT2D eigenvalue weighted by Gasteiger charge is -2.35. The zero-order valence-corrected chi connectivity index (χ0v) is 16.9. The van der Waals surface area contributed by atoms with Crippen LogP contribution >= 0.6 is 0 Å². The molecule has 1 aromatic rings. The van der Waals surface area contributed by atoms with E-state index in [-0.39, 0.29) is 17.9 Å². The highest BCUT2D eigenvalue weighted by Crippen LogP contribution is 2.38. The van der Waals surface area contributed by atoms with Gasteiger partial charge in [-0.2, -0.15) is 0 Å². The van der Waals surface area contributed by atoms with Gasteiger partial charge in [0.2, 0.25) is 10.0 Å². The minimum absolute atomic E-state index is 0.0461. The number of rotatable bonds is 6. The fourth-order valence-corrected chi connectivity index (χ4v) is 3.62. The molecule has 0 radical (unpaired) electrons. The van der Waals surface area contributed by atoms with Gasteiger partial charge in [-0.05, 0) is 29.5 Å². The summed E-state index contributed by atoms with van der Waals surface area (Å²) >= 11 is 0. The quantitative estimate of drug-likeness (QED) is 0.754. The van der Waals surface area contributed by atoms with Crippen LogP contribution in [0.1, 0.15) is 32.8 Å². The number of carbonyl (C=O) groups excluding carboxylic acids is 1. The molecule has 8 heteroatoms. The third-order valence-electron chi connectivity index (χ3n) is 4.21. The number of fused-ring (bicyclic) bond motifs is 1. The van der Waals surface area contributed by atoms with E-state index in [0.29, 0.717) is 31.0 Å². The number of benzene rings is 1. The second-order valence-corrected chi connectivity index (χ2v) is 9.38. The maximum absolute atomic E-state index is 12.4. The smallest absolute Gasteiger partial charge is 0.263 e. The number of amides is 1. The lowest BCUT2D eigenvalue weighted by Crippen LogP contribution is -2.50. The molecule has 1 aliphatic heterocycles. The second kappa shape index (κ2) is 7.84. The topological polar surface area (TPSA) is 84.9 Å². The second-order valence-electron chi connectivity index (χ2n) is 7.47. The maximum atomic E-state index is 12.4. The van der Waals surface area contributed by atoms with E-state index in [1.54, 1.807) is 13.2 Å². The fraction of sp³-hybridized carbons (Fsp3) is 0.611. The first-order chi connectivity index (χ1) is 12.0. The first kappa shape index (κ1) is 20.5. The molecule has 2 rings (SSSR count). The number of nitrogens with one attached hydrogen (secondary N) is 1. The number of anilines is 1. The third-order valence-corrected chi connectivity index (χ3v) is 5.36. The van der Waals surface area contributed by atoms with Crippen LogP contribution in [0.5, 0.6) is 5.75 Å².